The quantitative estimate of drug-likeness (QED) is 0.796. The van der Waals surface area contributed by atoms with Gasteiger partial charge in [-0.2, -0.15) is 0 Å². The maximum absolute atomic E-state index is 12.8. The number of benzene rings is 2. The first-order chi connectivity index (χ1) is 12.5. The molecule has 1 amide bonds. The van der Waals surface area contributed by atoms with Crippen LogP contribution in [0.1, 0.15) is 6.92 Å². The lowest BCUT2D eigenvalue weighted by atomic mass is 10.2. The summed E-state index contributed by atoms with van der Waals surface area (Å²) in [6.45, 7) is 1.18. The highest BCUT2D eigenvalue weighted by atomic mass is 19.1. The van der Waals surface area contributed by atoms with Gasteiger partial charge in [0.05, 0.1) is 0 Å². The molecular weight excluding hydrogens is 345 g/mol. The van der Waals surface area contributed by atoms with Gasteiger partial charge < -0.3 is 24.3 Å². The molecule has 0 spiro atoms. The minimum Gasteiger partial charge on any atom is -0.482 e. The molecule has 1 aliphatic heterocycles. The van der Waals surface area contributed by atoms with E-state index in [-0.39, 0.29) is 6.79 Å². The fraction of sp³-hybridized carbons (Fsp3) is 0.222. The molecule has 0 saturated heterocycles. The summed E-state index contributed by atoms with van der Waals surface area (Å²) in [5.74, 6) is -0.184. The van der Waals surface area contributed by atoms with Crippen molar-refractivity contribution in [3.63, 3.8) is 0 Å². The van der Waals surface area contributed by atoms with E-state index in [4.69, 9.17) is 18.9 Å². The van der Waals surface area contributed by atoms with Crippen LogP contribution < -0.4 is 19.5 Å². The van der Waals surface area contributed by atoms with Gasteiger partial charge in [-0.3, -0.25) is 4.79 Å². The molecule has 0 aliphatic carbocycles. The Kier molecular flexibility index (Phi) is 5.21. The summed E-state index contributed by atoms with van der Waals surface area (Å²) in [5.41, 5.74) is 0.490. The Hall–Kier alpha value is -3.29. The van der Waals surface area contributed by atoms with E-state index in [1.165, 1.54) is 31.2 Å². The molecule has 1 atom stereocenters. The second-order valence-corrected chi connectivity index (χ2v) is 5.43. The van der Waals surface area contributed by atoms with Crippen molar-refractivity contribution in [1.29, 1.82) is 0 Å². The van der Waals surface area contributed by atoms with Crippen molar-refractivity contribution < 1.29 is 32.9 Å². The van der Waals surface area contributed by atoms with Crippen LogP contribution >= 0.6 is 0 Å². The molecule has 3 rings (SSSR count). The molecule has 1 N–H and O–H groups in total. The van der Waals surface area contributed by atoms with Crippen LogP contribution in [0.5, 0.6) is 17.2 Å². The monoisotopic (exact) mass is 361 g/mol. The van der Waals surface area contributed by atoms with Gasteiger partial charge in [0, 0.05) is 11.8 Å². The van der Waals surface area contributed by atoms with Gasteiger partial charge in [0.2, 0.25) is 6.79 Å². The van der Waals surface area contributed by atoms with Crippen LogP contribution in [-0.2, 0) is 14.3 Å². The lowest BCUT2D eigenvalue weighted by Gasteiger charge is -2.14. The standard InChI is InChI=1S/C18H16FNO6/c1-11(26-17(21)9-23-14-5-2-12(19)3-6-14)18(22)20-13-4-7-15-16(8-13)25-10-24-15/h2-8,11H,9-10H2,1H3,(H,20,22)/t11-/m1/s1. The molecule has 0 bridgehead atoms. The highest BCUT2D eigenvalue weighted by Gasteiger charge is 2.20. The van der Waals surface area contributed by atoms with Crippen LogP contribution in [0.4, 0.5) is 10.1 Å². The summed E-state index contributed by atoms with van der Waals surface area (Å²) < 4.78 is 33.4. The summed E-state index contributed by atoms with van der Waals surface area (Å²) in [7, 11) is 0. The van der Waals surface area contributed by atoms with Crippen molar-refractivity contribution in [3.05, 3.63) is 48.3 Å². The van der Waals surface area contributed by atoms with E-state index in [0.29, 0.717) is 22.9 Å². The lowest BCUT2D eigenvalue weighted by Crippen LogP contribution is -2.31. The fourth-order valence-corrected chi connectivity index (χ4v) is 2.18. The molecule has 136 valence electrons. The SMILES string of the molecule is C[C@@H](OC(=O)COc1ccc(F)cc1)C(=O)Nc1ccc2c(c1)OCO2. The molecule has 8 heteroatoms. The Bertz CT molecular complexity index is 808. The predicted molar refractivity (Wildman–Crippen MR) is 88.6 cm³/mol. The number of hydrogen-bond donors (Lipinski definition) is 1. The third kappa shape index (κ3) is 4.41. The number of fused-ring (bicyclic) bond motifs is 1. The van der Waals surface area contributed by atoms with Gasteiger partial charge in [-0.15, -0.1) is 0 Å². The molecule has 2 aromatic carbocycles. The predicted octanol–water partition coefficient (Wildman–Crippen LogP) is 2.50. The van der Waals surface area contributed by atoms with Gasteiger partial charge in [-0.1, -0.05) is 0 Å². The van der Waals surface area contributed by atoms with Crippen molar-refractivity contribution in [2.45, 2.75) is 13.0 Å². The number of halogens is 1. The number of amides is 1. The number of ether oxygens (including phenoxy) is 4. The molecule has 0 unspecified atom stereocenters. The average molecular weight is 361 g/mol. The van der Waals surface area contributed by atoms with Gasteiger partial charge in [0.15, 0.2) is 24.2 Å². The number of nitrogens with one attached hydrogen (secondary N) is 1. The molecule has 26 heavy (non-hydrogen) atoms. The van der Waals surface area contributed by atoms with E-state index in [1.54, 1.807) is 18.2 Å². The molecule has 0 radical (unpaired) electrons. The molecule has 0 saturated carbocycles. The molecular formula is C18H16FNO6. The van der Waals surface area contributed by atoms with Crippen molar-refractivity contribution in [2.75, 3.05) is 18.7 Å². The Morgan fingerprint density at radius 3 is 2.65 bits per heavy atom. The average Bonchev–Trinajstić information content (AvgIpc) is 3.09. The van der Waals surface area contributed by atoms with Gasteiger partial charge in [0.25, 0.3) is 5.91 Å². The molecule has 1 heterocycles. The van der Waals surface area contributed by atoms with Crippen LogP contribution in [-0.4, -0.2) is 31.4 Å². The van der Waals surface area contributed by atoms with Crippen molar-refractivity contribution >= 4 is 17.6 Å². The number of anilines is 1. The molecule has 2 aromatic rings. The van der Waals surface area contributed by atoms with Crippen LogP contribution in [0.25, 0.3) is 0 Å². The molecule has 1 aliphatic rings. The summed E-state index contributed by atoms with van der Waals surface area (Å²) >= 11 is 0. The Morgan fingerprint density at radius 1 is 1.15 bits per heavy atom. The number of rotatable bonds is 6. The molecule has 7 nitrogen and oxygen atoms in total. The number of carbonyl (C=O) groups is 2. The Balaban J connectivity index is 1.47. The number of esters is 1. The second-order valence-electron chi connectivity index (χ2n) is 5.43. The van der Waals surface area contributed by atoms with Crippen LogP contribution in [0.2, 0.25) is 0 Å². The first kappa shape index (κ1) is 17.5. The smallest absolute Gasteiger partial charge is 0.344 e. The highest BCUT2D eigenvalue weighted by molar-refractivity contribution is 5.95. The van der Waals surface area contributed by atoms with E-state index in [1.807, 2.05) is 0 Å². The normalized spacial score (nSPS) is 13.0. The largest absolute Gasteiger partial charge is 0.482 e. The first-order valence-corrected chi connectivity index (χ1v) is 7.79. The van der Waals surface area contributed by atoms with Crippen molar-refractivity contribution in [2.24, 2.45) is 0 Å². The fourth-order valence-electron chi connectivity index (χ4n) is 2.18. The van der Waals surface area contributed by atoms with Crippen molar-refractivity contribution in [3.8, 4) is 17.2 Å². The van der Waals surface area contributed by atoms with Crippen LogP contribution in [0.3, 0.4) is 0 Å². The number of carbonyl (C=O) groups excluding carboxylic acids is 2. The maximum Gasteiger partial charge on any atom is 0.344 e. The van der Waals surface area contributed by atoms with E-state index >= 15 is 0 Å². The zero-order valence-corrected chi connectivity index (χ0v) is 13.9. The van der Waals surface area contributed by atoms with E-state index in [0.717, 1.165) is 0 Å². The van der Waals surface area contributed by atoms with E-state index in [2.05, 4.69) is 5.32 Å². The first-order valence-electron chi connectivity index (χ1n) is 7.79. The Morgan fingerprint density at radius 2 is 1.88 bits per heavy atom. The third-order valence-corrected chi connectivity index (χ3v) is 3.49. The Labute approximate surface area is 148 Å². The van der Waals surface area contributed by atoms with Gasteiger partial charge in [-0.25, -0.2) is 9.18 Å². The van der Waals surface area contributed by atoms with Gasteiger partial charge in [-0.05, 0) is 43.3 Å². The lowest BCUT2D eigenvalue weighted by molar-refractivity contribution is -0.155. The summed E-state index contributed by atoms with van der Waals surface area (Å²) in [6, 6.07) is 10.1. The number of hydrogen-bond acceptors (Lipinski definition) is 6. The molecule has 0 fully saturated rings. The van der Waals surface area contributed by atoms with E-state index < -0.39 is 30.4 Å². The summed E-state index contributed by atoms with van der Waals surface area (Å²) in [4.78, 5) is 23.9. The summed E-state index contributed by atoms with van der Waals surface area (Å²) in [6.07, 6.45) is -1.02. The van der Waals surface area contributed by atoms with Gasteiger partial charge in [0.1, 0.15) is 11.6 Å². The topological polar surface area (TPSA) is 83.1 Å². The van der Waals surface area contributed by atoms with E-state index in [9.17, 15) is 14.0 Å². The second kappa shape index (κ2) is 7.73. The van der Waals surface area contributed by atoms with Crippen LogP contribution in [0, 0.1) is 5.82 Å². The highest BCUT2D eigenvalue weighted by Crippen LogP contribution is 2.34. The van der Waals surface area contributed by atoms with Gasteiger partial charge >= 0.3 is 5.97 Å². The minimum absolute atomic E-state index is 0.134. The molecule has 0 aromatic heterocycles. The third-order valence-electron chi connectivity index (χ3n) is 3.49. The zero-order valence-electron chi connectivity index (χ0n) is 13.9. The zero-order chi connectivity index (χ0) is 18.5. The summed E-state index contributed by atoms with van der Waals surface area (Å²) in [5, 5.41) is 2.62. The van der Waals surface area contributed by atoms with Crippen LogP contribution in [0.15, 0.2) is 42.5 Å². The maximum atomic E-state index is 12.8. The van der Waals surface area contributed by atoms with Crippen molar-refractivity contribution in [1.82, 2.24) is 0 Å². The minimum atomic E-state index is -1.02.